The zero-order chi connectivity index (χ0) is 20.6. The van der Waals surface area contributed by atoms with E-state index < -0.39 is 11.6 Å². The van der Waals surface area contributed by atoms with Gasteiger partial charge >= 0.3 is 5.97 Å². The predicted molar refractivity (Wildman–Crippen MR) is 110 cm³/mol. The molecule has 0 atom stereocenters. The Morgan fingerprint density at radius 1 is 1.00 bits per heavy atom. The fourth-order valence-corrected chi connectivity index (χ4v) is 2.83. The second-order valence-corrected chi connectivity index (χ2v) is 7.33. The van der Waals surface area contributed by atoms with Crippen molar-refractivity contribution >= 4 is 11.9 Å². The quantitative estimate of drug-likeness (QED) is 0.655. The van der Waals surface area contributed by atoms with Gasteiger partial charge in [0.1, 0.15) is 5.75 Å². The molecule has 2 rings (SSSR count). The Labute approximate surface area is 166 Å². The third-order valence-corrected chi connectivity index (χ3v) is 4.58. The number of hydrogen-bond donors (Lipinski definition) is 2. The molecule has 0 fully saturated rings. The van der Waals surface area contributed by atoms with Gasteiger partial charge in [-0.15, -0.1) is 0 Å². The minimum atomic E-state index is -1.03. The van der Waals surface area contributed by atoms with Crippen molar-refractivity contribution in [1.29, 1.82) is 0 Å². The molecule has 0 aliphatic rings. The first kappa shape index (κ1) is 21.5. The fraction of sp³-hybridized carbons (Fsp3) is 0.391. The van der Waals surface area contributed by atoms with Gasteiger partial charge in [0.15, 0.2) is 5.60 Å². The van der Waals surface area contributed by atoms with E-state index in [2.05, 4.69) is 36.5 Å². The third-order valence-electron chi connectivity index (χ3n) is 4.58. The number of hydrogen-bond acceptors (Lipinski definition) is 3. The number of rotatable bonds is 10. The van der Waals surface area contributed by atoms with E-state index in [1.807, 2.05) is 6.07 Å². The molecule has 150 valence electrons. The van der Waals surface area contributed by atoms with E-state index in [4.69, 9.17) is 9.84 Å². The summed E-state index contributed by atoms with van der Waals surface area (Å²) in [7, 11) is 0. The first-order valence-electron chi connectivity index (χ1n) is 9.66. The number of aryl methyl sites for hydroxylation is 2. The Hall–Kier alpha value is -2.82. The van der Waals surface area contributed by atoms with Crippen LogP contribution in [0.15, 0.2) is 48.5 Å². The van der Waals surface area contributed by atoms with Crippen LogP contribution in [0.3, 0.4) is 0 Å². The highest BCUT2D eigenvalue weighted by molar-refractivity contribution is 5.84. The summed E-state index contributed by atoms with van der Waals surface area (Å²) in [5.41, 5.74) is 2.32. The van der Waals surface area contributed by atoms with E-state index in [1.54, 1.807) is 32.0 Å². The van der Waals surface area contributed by atoms with E-state index in [0.29, 0.717) is 18.7 Å². The van der Waals surface area contributed by atoms with Crippen LogP contribution in [0.25, 0.3) is 0 Å². The fourth-order valence-electron chi connectivity index (χ4n) is 2.83. The molecule has 2 aromatic carbocycles. The Bertz CT molecular complexity index is 797. The van der Waals surface area contributed by atoms with Gasteiger partial charge in [-0.3, -0.25) is 9.59 Å². The number of benzene rings is 2. The molecule has 0 aliphatic heterocycles. The highest BCUT2D eigenvalue weighted by Gasteiger charge is 2.29. The standard InChI is InChI=1S/C23H29NO4/c1-4-17-8-10-18(11-9-17)14-15-24-22(27)23(2,3)28-20-7-5-6-19(16-20)12-13-21(25)26/h5-11,16H,4,12-15H2,1-3H3,(H,24,27)(H,25,26). The monoisotopic (exact) mass is 383 g/mol. The predicted octanol–water partition coefficient (Wildman–Crippen LogP) is 3.78. The van der Waals surface area contributed by atoms with Crippen molar-refractivity contribution in [2.24, 2.45) is 0 Å². The third kappa shape index (κ3) is 6.72. The van der Waals surface area contributed by atoms with Crippen LogP contribution in [0.5, 0.6) is 5.75 Å². The van der Waals surface area contributed by atoms with E-state index >= 15 is 0 Å². The molecule has 1 amide bonds. The maximum Gasteiger partial charge on any atom is 0.303 e. The number of ether oxygens (including phenoxy) is 1. The number of carboxylic acid groups (broad SMARTS) is 1. The molecule has 0 radical (unpaired) electrons. The van der Waals surface area contributed by atoms with Crippen LogP contribution in [0, 0.1) is 0 Å². The van der Waals surface area contributed by atoms with Crippen molar-refractivity contribution in [3.63, 3.8) is 0 Å². The van der Waals surface area contributed by atoms with Gasteiger partial charge in [0.2, 0.25) is 0 Å². The lowest BCUT2D eigenvalue weighted by Crippen LogP contribution is -2.47. The first-order chi connectivity index (χ1) is 13.3. The largest absolute Gasteiger partial charge is 0.481 e. The van der Waals surface area contributed by atoms with Gasteiger partial charge < -0.3 is 15.2 Å². The van der Waals surface area contributed by atoms with Crippen LogP contribution < -0.4 is 10.1 Å². The number of carbonyl (C=O) groups is 2. The van der Waals surface area contributed by atoms with Crippen molar-refractivity contribution in [2.75, 3.05) is 6.54 Å². The van der Waals surface area contributed by atoms with Gasteiger partial charge in [0.05, 0.1) is 0 Å². The van der Waals surface area contributed by atoms with Crippen molar-refractivity contribution in [3.05, 3.63) is 65.2 Å². The molecule has 0 aliphatic carbocycles. The summed E-state index contributed by atoms with van der Waals surface area (Å²) in [5, 5.41) is 11.7. The van der Waals surface area contributed by atoms with Gasteiger partial charge in [0, 0.05) is 13.0 Å². The topological polar surface area (TPSA) is 75.6 Å². The van der Waals surface area contributed by atoms with Crippen LogP contribution in [0.2, 0.25) is 0 Å². The van der Waals surface area contributed by atoms with Crippen molar-refractivity contribution < 1.29 is 19.4 Å². The summed E-state index contributed by atoms with van der Waals surface area (Å²) in [6.07, 6.45) is 2.26. The maximum atomic E-state index is 12.5. The van der Waals surface area contributed by atoms with Crippen LogP contribution in [0.4, 0.5) is 0 Å². The normalized spacial score (nSPS) is 11.1. The SMILES string of the molecule is CCc1ccc(CCNC(=O)C(C)(C)Oc2cccc(CCC(=O)O)c2)cc1. The number of nitrogens with one attached hydrogen (secondary N) is 1. The zero-order valence-corrected chi connectivity index (χ0v) is 16.8. The van der Waals surface area contributed by atoms with E-state index in [-0.39, 0.29) is 12.3 Å². The lowest BCUT2D eigenvalue weighted by Gasteiger charge is -2.25. The van der Waals surface area contributed by atoms with Crippen molar-refractivity contribution in [2.45, 2.75) is 52.1 Å². The lowest BCUT2D eigenvalue weighted by atomic mass is 10.1. The summed E-state index contributed by atoms with van der Waals surface area (Å²) in [4.78, 5) is 23.3. The van der Waals surface area contributed by atoms with Gasteiger partial charge in [-0.25, -0.2) is 0 Å². The molecule has 2 N–H and O–H groups in total. The van der Waals surface area contributed by atoms with Crippen molar-refractivity contribution in [1.82, 2.24) is 5.32 Å². The van der Waals surface area contributed by atoms with Crippen LogP contribution in [-0.2, 0) is 28.9 Å². The highest BCUT2D eigenvalue weighted by Crippen LogP contribution is 2.21. The molecule has 0 heterocycles. The van der Waals surface area contributed by atoms with Crippen molar-refractivity contribution in [3.8, 4) is 5.75 Å². The lowest BCUT2D eigenvalue weighted by molar-refractivity contribution is -0.137. The average molecular weight is 383 g/mol. The second kappa shape index (κ2) is 9.93. The second-order valence-electron chi connectivity index (χ2n) is 7.33. The van der Waals surface area contributed by atoms with Gasteiger partial charge in [0.25, 0.3) is 5.91 Å². The molecule has 0 spiro atoms. The van der Waals surface area contributed by atoms with E-state index in [0.717, 1.165) is 18.4 Å². The average Bonchev–Trinajstić information content (AvgIpc) is 2.66. The molecule has 5 nitrogen and oxygen atoms in total. The molecule has 0 saturated carbocycles. The maximum absolute atomic E-state index is 12.5. The molecule has 0 bridgehead atoms. The Morgan fingerprint density at radius 3 is 2.32 bits per heavy atom. The molecule has 28 heavy (non-hydrogen) atoms. The van der Waals surface area contributed by atoms with Gasteiger partial charge in [-0.1, -0.05) is 43.3 Å². The minimum absolute atomic E-state index is 0.0621. The van der Waals surface area contributed by atoms with Crippen LogP contribution in [-0.4, -0.2) is 29.1 Å². The molecular formula is C23H29NO4. The Morgan fingerprint density at radius 2 is 1.68 bits per heavy atom. The van der Waals surface area contributed by atoms with Gasteiger partial charge in [-0.05, 0) is 61.9 Å². The molecule has 0 aromatic heterocycles. The summed E-state index contributed by atoms with van der Waals surface area (Å²) >= 11 is 0. The highest BCUT2D eigenvalue weighted by atomic mass is 16.5. The van der Waals surface area contributed by atoms with Crippen LogP contribution >= 0.6 is 0 Å². The van der Waals surface area contributed by atoms with Crippen LogP contribution in [0.1, 0.15) is 43.9 Å². The molecule has 0 saturated heterocycles. The van der Waals surface area contributed by atoms with Gasteiger partial charge in [-0.2, -0.15) is 0 Å². The Balaban J connectivity index is 1.87. The summed E-state index contributed by atoms with van der Waals surface area (Å²) in [6, 6.07) is 15.6. The molecular weight excluding hydrogens is 354 g/mol. The smallest absolute Gasteiger partial charge is 0.303 e. The first-order valence-corrected chi connectivity index (χ1v) is 9.66. The zero-order valence-electron chi connectivity index (χ0n) is 16.8. The number of aliphatic carboxylic acids is 1. The summed E-state index contributed by atoms with van der Waals surface area (Å²) in [5.74, 6) is -0.470. The summed E-state index contributed by atoms with van der Waals surface area (Å²) < 4.78 is 5.88. The number of carbonyl (C=O) groups excluding carboxylic acids is 1. The molecule has 5 heteroatoms. The summed E-state index contributed by atoms with van der Waals surface area (Å²) in [6.45, 7) is 6.11. The Kier molecular flexibility index (Phi) is 7.61. The number of amides is 1. The van der Waals surface area contributed by atoms with E-state index in [1.165, 1.54) is 11.1 Å². The van der Waals surface area contributed by atoms with E-state index in [9.17, 15) is 9.59 Å². The minimum Gasteiger partial charge on any atom is -0.481 e. The molecule has 2 aromatic rings. The number of carboxylic acids is 1. The molecule has 0 unspecified atom stereocenters.